The molecule has 0 saturated carbocycles. The average Bonchev–Trinajstić information content (AvgIpc) is 2.79. The Morgan fingerprint density at radius 1 is 1.33 bits per heavy atom. The van der Waals surface area contributed by atoms with E-state index in [4.69, 9.17) is 21.1 Å². The number of benzene rings is 1. The number of carbonyl (C=O) groups is 1. The molecule has 4 heteroatoms. The standard InChI is InChI=1S/C14H11ClO3/c1-9-2-3-10(8-12(9)15)13-6-4-11(18-13)5-7-14(16)17/h2-8H,1H3,(H,16,17). The summed E-state index contributed by atoms with van der Waals surface area (Å²) in [7, 11) is 0. The van der Waals surface area contributed by atoms with Crippen molar-refractivity contribution in [3.63, 3.8) is 0 Å². The number of aliphatic carboxylic acids is 1. The van der Waals surface area contributed by atoms with Crippen LogP contribution >= 0.6 is 11.6 Å². The predicted octanol–water partition coefficient (Wildman–Crippen LogP) is 4.01. The molecule has 1 heterocycles. The molecule has 92 valence electrons. The maximum absolute atomic E-state index is 10.4. The van der Waals surface area contributed by atoms with Crippen LogP contribution in [0.1, 0.15) is 11.3 Å². The topological polar surface area (TPSA) is 50.4 Å². The van der Waals surface area contributed by atoms with Crippen molar-refractivity contribution < 1.29 is 14.3 Å². The first-order valence-electron chi connectivity index (χ1n) is 5.33. The SMILES string of the molecule is Cc1ccc(-c2ccc(C=CC(=O)O)o2)cc1Cl. The van der Waals surface area contributed by atoms with Crippen LogP contribution in [0.15, 0.2) is 40.8 Å². The van der Waals surface area contributed by atoms with Crippen molar-refractivity contribution in [2.24, 2.45) is 0 Å². The monoisotopic (exact) mass is 262 g/mol. The van der Waals surface area contributed by atoms with Gasteiger partial charge in [0.2, 0.25) is 0 Å². The summed E-state index contributed by atoms with van der Waals surface area (Å²) in [6, 6.07) is 9.13. The van der Waals surface area contributed by atoms with E-state index in [9.17, 15) is 4.79 Å². The molecular formula is C14H11ClO3. The summed E-state index contributed by atoms with van der Waals surface area (Å²) < 4.78 is 5.51. The molecule has 0 fully saturated rings. The molecule has 2 aromatic rings. The van der Waals surface area contributed by atoms with E-state index in [-0.39, 0.29) is 0 Å². The van der Waals surface area contributed by atoms with Gasteiger partial charge in [0.05, 0.1) is 0 Å². The number of aryl methyl sites for hydroxylation is 1. The Hall–Kier alpha value is -2.00. The lowest BCUT2D eigenvalue weighted by atomic mass is 10.1. The Balaban J connectivity index is 2.29. The molecule has 0 amide bonds. The van der Waals surface area contributed by atoms with Crippen LogP contribution in [-0.4, -0.2) is 11.1 Å². The van der Waals surface area contributed by atoms with Crippen LogP contribution < -0.4 is 0 Å². The van der Waals surface area contributed by atoms with E-state index in [1.807, 2.05) is 25.1 Å². The molecule has 0 unspecified atom stereocenters. The lowest BCUT2D eigenvalue weighted by Crippen LogP contribution is -1.84. The lowest BCUT2D eigenvalue weighted by Gasteiger charge is -2.00. The molecule has 18 heavy (non-hydrogen) atoms. The van der Waals surface area contributed by atoms with Crippen LogP contribution in [0.4, 0.5) is 0 Å². The van der Waals surface area contributed by atoms with Crippen LogP contribution in [0.5, 0.6) is 0 Å². The number of carboxylic acids is 1. The Kier molecular flexibility index (Phi) is 3.53. The first-order valence-corrected chi connectivity index (χ1v) is 5.71. The van der Waals surface area contributed by atoms with Crippen molar-refractivity contribution in [3.8, 4) is 11.3 Å². The van der Waals surface area contributed by atoms with Gasteiger partial charge in [-0.05, 0) is 36.8 Å². The second kappa shape index (κ2) is 5.10. The van der Waals surface area contributed by atoms with Gasteiger partial charge in [-0.15, -0.1) is 0 Å². The fraction of sp³-hybridized carbons (Fsp3) is 0.0714. The van der Waals surface area contributed by atoms with Crippen molar-refractivity contribution in [3.05, 3.63) is 52.8 Å². The lowest BCUT2D eigenvalue weighted by molar-refractivity contribution is -0.131. The Labute approximate surface area is 109 Å². The molecule has 0 spiro atoms. The second-order valence-electron chi connectivity index (χ2n) is 3.84. The number of carboxylic acid groups (broad SMARTS) is 1. The van der Waals surface area contributed by atoms with E-state index in [1.54, 1.807) is 12.1 Å². The quantitative estimate of drug-likeness (QED) is 0.851. The molecule has 1 aromatic heterocycles. The molecule has 2 rings (SSSR count). The average molecular weight is 263 g/mol. The van der Waals surface area contributed by atoms with Gasteiger partial charge >= 0.3 is 5.97 Å². The van der Waals surface area contributed by atoms with E-state index in [2.05, 4.69) is 0 Å². The first-order chi connectivity index (χ1) is 8.56. The maximum Gasteiger partial charge on any atom is 0.328 e. The highest BCUT2D eigenvalue weighted by molar-refractivity contribution is 6.31. The highest BCUT2D eigenvalue weighted by Gasteiger charge is 2.05. The van der Waals surface area contributed by atoms with Crippen molar-refractivity contribution in [1.29, 1.82) is 0 Å². The van der Waals surface area contributed by atoms with Crippen molar-refractivity contribution in [2.75, 3.05) is 0 Å². The van der Waals surface area contributed by atoms with Crippen LogP contribution in [0.3, 0.4) is 0 Å². The van der Waals surface area contributed by atoms with Crippen molar-refractivity contribution in [1.82, 2.24) is 0 Å². The van der Waals surface area contributed by atoms with Crippen molar-refractivity contribution >= 4 is 23.6 Å². The van der Waals surface area contributed by atoms with Gasteiger partial charge in [0.25, 0.3) is 0 Å². The number of hydrogen-bond acceptors (Lipinski definition) is 2. The summed E-state index contributed by atoms with van der Waals surface area (Å²) in [5.74, 6) is 0.136. The smallest absolute Gasteiger partial charge is 0.328 e. The number of rotatable bonds is 3. The van der Waals surface area contributed by atoms with Gasteiger partial charge in [0, 0.05) is 16.7 Å². The third kappa shape index (κ3) is 2.81. The number of hydrogen-bond donors (Lipinski definition) is 1. The van der Waals surface area contributed by atoms with Gasteiger partial charge in [0.1, 0.15) is 11.5 Å². The van der Waals surface area contributed by atoms with Gasteiger partial charge in [-0.25, -0.2) is 4.79 Å². The summed E-state index contributed by atoms with van der Waals surface area (Å²) in [6.07, 6.45) is 2.44. The summed E-state index contributed by atoms with van der Waals surface area (Å²) >= 11 is 6.04. The van der Waals surface area contributed by atoms with Gasteiger partial charge in [-0.3, -0.25) is 0 Å². The van der Waals surface area contributed by atoms with Crippen LogP contribution in [0.25, 0.3) is 17.4 Å². The van der Waals surface area contributed by atoms with Crippen LogP contribution in [0, 0.1) is 6.92 Å². The third-order valence-electron chi connectivity index (χ3n) is 2.47. The minimum absolute atomic E-state index is 0.490. The number of halogens is 1. The Morgan fingerprint density at radius 2 is 2.11 bits per heavy atom. The molecular weight excluding hydrogens is 252 g/mol. The van der Waals surface area contributed by atoms with Gasteiger partial charge < -0.3 is 9.52 Å². The van der Waals surface area contributed by atoms with E-state index >= 15 is 0 Å². The Morgan fingerprint density at radius 3 is 2.78 bits per heavy atom. The Bertz CT molecular complexity index is 611. The highest BCUT2D eigenvalue weighted by Crippen LogP contribution is 2.27. The summed E-state index contributed by atoms with van der Waals surface area (Å²) in [6.45, 7) is 1.93. The molecule has 0 saturated heterocycles. The van der Waals surface area contributed by atoms with Gasteiger partial charge in [-0.1, -0.05) is 23.7 Å². The zero-order valence-corrected chi connectivity index (χ0v) is 10.4. The molecule has 3 nitrogen and oxygen atoms in total. The second-order valence-corrected chi connectivity index (χ2v) is 4.24. The molecule has 0 atom stereocenters. The summed E-state index contributed by atoms with van der Waals surface area (Å²) in [5.41, 5.74) is 1.86. The normalized spacial score (nSPS) is 11.0. The zero-order valence-electron chi connectivity index (χ0n) is 9.68. The number of furan rings is 1. The summed E-state index contributed by atoms with van der Waals surface area (Å²) in [4.78, 5) is 10.4. The fourth-order valence-corrected chi connectivity index (χ4v) is 1.68. The fourth-order valence-electron chi connectivity index (χ4n) is 1.50. The van der Waals surface area contributed by atoms with Crippen LogP contribution in [-0.2, 0) is 4.79 Å². The first kappa shape index (κ1) is 12.5. The molecule has 0 aliphatic carbocycles. The van der Waals surface area contributed by atoms with Gasteiger partial charge in [-0.2, -0.15) is 0 Å². The van der Waals surface area contributed by atoms with E-state index < -0.39 is 5.97 Å². The van der Waals surface area contributed by atoms with Crippen LogP contribution in [0.2, 0.25) is 5.02 Å². The van der Waals surface area contributed by atoms with E-state index in [1.165, 1.54) is 6.08 Å². The minimum atomic E-state index is -1.01. The minimum Gasteiger partial charge on any atom is -0.478 e. The molecule has 0 bridgehead atoms. The largest absolute Gasteiger partial charge is 0.478 e. The molecule has 1 N–H and O–H groups in total. The maximum atomic E-state index is 10.4. The van der Waals surface area contributed by atoms with E-state index in [0.29, 0.717) is 16.5 Å². The van der Waals surface area contributed by atoms with E-state index in [0.717, 1.165) is 17.2 Å². The predicted molar refractivity (Wildman–Crippen MR) is 70.6 cm³/mol. The third-order valence-corrected chi connectivity index (χ3v) is 2.88. The van der Waals surface area contributed by atoms with Gasteiger partial charge in [0.15, 0.2) is 0 Å². The molecule has 0 radical (unpaired) electrons. The van der Waals surface area contributed by atoms with Crippen molar-refractivity contribution in [2.45, 2.75) is 6.92 Å². The highest BCUT2D eigenvalue weighted by atomic mass is 35.5. The summed E-state index contributed by atoms with van der Waals surface area (Å²) in [5, 5.41) is 9.19. The molecule has 0 aliphatic rings. The molecule has 1 aromatic carbocycles. The molecule has 0 aliphatic heterocycles. The zero-order chi connectivity index (χ0) is 13.1.